The number of rotatable bonds is 4. The Bertz CT molecular complexity index is 990. The van der Waals surface area contributed by atoms with Crippen molar-refractivity contribution in [2.24, 2.45) is 0 Å². The number of hydrogen-bond acceptors (Lipinski definition) is 7. The minimum atomic E-state index is -2.78. The zero-order valence-corrected chi connectivity index (χ0v) is 18.2. The van der Waals surface area contributed by atoms with Gasteiger partial charge < -0.3 is 20.3 Å². The van der Waals surface area contributed by atoms with Crippen LogP contribution in [0.4, 0.5) is 16.3 Å². The van der Waals surface area contributed by atoms with Crippen molar-refractivity contribution in [3.05, 3.63) is 35.5 Å². The number of morpholine rings is 1. The molecule has 5 rings (SSSR count). The lowest BCUT2D eigenvalue weighted by Crippen LogP contribution is -2.37. The molecule has 1 atom stereocenters. The lowest BCUT2D eigenvalue weighted by atomic mass is 10.1. The SMILES string of the molecule is CC1c2c(nc(-c3ccc(NC(=O)NC4CC4)cc3)nc2N2CCOCC2)CS1(O)O. The quantitative estimate of drug-likeness (QED) is 0.568. The molecule has 1 aromatic carbocycles. The first-order valence-corrected chi connectivity index (χ1v) is 12.3. The van der Waals surface area contributed by atoms with Gasteiger partial charge in [-0.25, -0.2) is 14.8 Å². The Balaban J connectivity index is 1.44. The van der Waals surface area contributed by atoms with Crippen LogP contribution in [-0.2, 0) is 10.5 Å². The highest BCUT2D eigenvalue weighted by atomic mass is 32.3. The minimum Gasteiger partial charge on any atom is -0.378 e. The molecule has 1 saturated heterocycles. The maximum atomic E-state index is 11.9. The standard InChI is InChI=1S/C21H27N5O4S/c1-13-18-17(12-31(13,28)29)24-19(25-20(18)26-8-10-30-11-9-26)14-2-4-15(5-3-14)22-21(27)23-16-6-7-16/h2-5,13,16,28-29H,6-12H2,1H3,(H2,22,23,27). The molecular weight excluding hydrogens is 418 g/mol. The summed E-state index contributed by atoms with van der Waals surface area (Å²) in [5, 5.41) is 5.34. The Morgan fingerprint density at radius 2 is 1.87 bits per heavy atom. The van der Waals surface area contributed by atoms with Gasteiger partial charge in [0.25, 0.3) is 0 Å². The minimum absolute atomic E-state index is 0.150. The number of urea groups is 1. The summed E-state index contributed by atoms with van der Waals surface area (Å²) in [5.41, 5.74) is 3.03. The van der Waals surface area contributed by atoms with Crippen LogP contribution in [0.2, 0.25) is 0 Å². The van der Waals surface area contributed by atoms with Crippen molar-refractivity contribution in [2.45, 2.75) is 36.8 Å². The smallest absolute Gasteiger partial charge is 0.319 e. The molecule has 9 nitrogen and oxygen atoms in total. The summed E-state index contributed by atoms with van der Waals surface area (Å²) in [6.45, 7) is 4.47. The molecule has 31 heavy (non-hydrogen) atoms. The average molecular weight is 446 g/mol. The number of nitrogens with one attached hydrogen (secondary N) is 2. The normalized spacial score (nSPS) is 23.2. The van der Waals surface area contributed by atoms with Crippen molar-refractivity contribution in [3.8, 4) is 11.4 Å². The van der Waals surface area contributed by atoms with Crippen molar-refractivity contribution in [3.63, 3.8) is 0 Å². The summed E-state index contributed by atoms with van der Waals surface area (Å²) in [6, 6.07) is 7.48. The van der Waals surface area contributed by atoms with Crippen LogP contribution in [0.3, 0.4) is 0 Å². The van der Waals surface area contributed by atoms with E-state index in [2.05, 4.69) is 15.5 Å². The zero-order valence-electron chi connectivity index (χ0n) is 17.4. The van der Waals surface area contributed by atoms with Crippen LogP contribution in [0.25, 0.3) is 11.4 Å². The lowest BCUT2D eigenvalue weighted by Gasteiger charge is -2.33. The van der Waals surface area contributed by atoms with Crippen LogP contribution in [0, 0.1) is 0 Å². The van der Waals surface area contributed by atoms with E-state index in [1.165, 1.54) is 0 Å². The molecule has 10 heteroatoms. The van der Waals surface area contributed by atoms with E-state index in [0.717, 1.165) is 29.8 Å². The Kier molecular flexibility index (Phi) is 5.25. The van der Waals surface area contributed by atoms with Gasteiger partial charge in [-0.2, -0.15) is 10.6 Å². The van der Waals surface area contributed by atoms with Crippen molar-refractivity contribution in [1.29, 1.82) is 0 Å². The van der Waals surface area contributed by atoms with E-state index >= 15 is 0 Å². The van der Waals surface area contributed by atoms with Gasteiger partial charge in [0.15, 0.2) is 5.82 Å². The van der Waals surface area contributed by atoms with E-state index < -0.39 is 15.8 Å². The molecule has 2 fully saturated rings. The van der Waals surface area contributed by atoms with Gasteiger partial charge in [0.2, 0.25) is 0 Å². The summed E-state index contributed by atoms with van der Waals surface area (Å²) in [5.74, 6) is 1.45. The Morgan fingerprint density at radius 1 is 1.16 bits per heavy atom. The summed E-state index contributed by atoms with van der Waals surface area (Å²) in [4.78, 5) is 23.6. The Labute approximate surface area is 182 Å². The maximum Gasteiger partial charge on any atom is 0.319 e. The molecule has 0 spiro atoms. The van der Waals surface area contributed by atoms with Crippen molar-refractivity contribution in [1.82, 2.24) is 15.3 Å². The van der Waals surface area contributed by atoms with Gasteiger partial charge in [-0.1, -0.05) is 0 Å². The number of amides is 2. The molecule has 0 radical (unpaired) electrons. The molecule has 1 unspecified atom stereocenters. The number of anilines is 2. The number of aromatic nitrogens is 2. The molecule has 1 saturated carbocycles. The fraction of sp³-hybridized carbons (Fsp3) is 0.476. The van der Waals surface area contributed by atoms with E-state index in [0.29, 0.717) is 49.6 Å². The summed E-state index contributed by atoms with van der Waals surface area (Å²) >= 11 is 0. The fourth-order valence-corrected chi connectivity index (χ4v) is 5.46. The molecule has 1 aliphatic carbocycles. The molecule has 3 heterocycles. The molecule has 2 aliphatic heterocycles. The topological polar surface area (TPSA) is 120 Å². The monoisotopic (exact) mass is 445 g/mol. The average Bonchev–Trinajstić information content (AvgIpc) is 3.53. The Morgan fingerprint density at radius 3 is 2.55 bits per heavy atom. The second kappa shape index (κ2) is 7.94. The van der Waals surface area contributed by atoms with E-state index in [4.69, 9.17) is 14.7 Å². The molecule has 2 amide bonds. The first kappa shape index (κ1) is 20.5. The molecule has 4 N–H and O–H groups in total. The van der Waals surface area contributed by atoms with E-state index in [1.807, 2.05) is 31.2 Å². The van der Waals surface area contributed by atoms with E-state index in [-0.39, 0.29) is 11.8 Å². The highest BCUT2D eigenvalue weighted by Crippen LogP contribution is 2.63. The number of benzene rings is 1. The molecule has 3 aliphatic rings. The largest absolute Gasteiger partial charge is 0.378 e. The summed E-state index contributed by atoms with van der Waals surface area (Å²) in [6.07, 6.45) is 2.08. The second-order valence-corrected chi connectivity index (χ2v) is 10.7. The number of ether oxygens (including phenoxy) is 1. The molecule has 166 valence electrons. The van der Waals surface area contributed by atoms with E-state index in [1.54, 1.807) is 0 Å². The molecule has 1 aromatic heterocycles. The van der Waals surface area contributed by atoms with Crippen molar-refractivity contribution < 1.29 is 18.6 Å². The first-order valence-electron chi connectivity index (χ1n) is 10.6. The number of fused-ring (bicyclic) bond motifs is 1. The van der Waals surface area contributed by atoms with Crippen molar-refractivity contribution >= 4 is 28.1 Å². The fourth-order valence-electron chi connectivity index (χ4n) is 3.97. The van der Waals surface area contributed by atoms with Crippen LogP contribution in [-0.4, -0.2) is 57.4 Å². The van der Waals surface area contributed by atoms with Gasteiger partial charge in [0, 0.05) is 35.9 Å². The number of hydrogen-bond donors (Lipinski definition) is 4. The highest BCUT2D eigenvalue weighted by Gasteiger charge is 2.39. The van der Waals surface area contributed by atoms with Crippen LogP contribution in [0.5, 0.6) is 0 Å². The van der Waals surface area contributed by atoms with Crippen molar-refractivity contribution in [2.75, 3.05) is 36.5 Å². The number of nitrogens with zero attached hydrogens (tertiary/aromatic N) is 3. The third-order valence-corrected chi connectivity index (χ3v) is 8.02. The van der Waals surface area contributed by atoms with Gasteiger partial charge >= 0.3 is 6.03 Å². The van der Waals surface area contributed by atoms with Crippen LogP contribution >= 0.6 is 10.6 Å². The van der Waals surface area contributed by atoms with Gasteiger partial charge in [-0.15, -0.1) is 0 Å². The highest BCUT2D eigenvalue weighted by molar-refractivity contribution is 8.24. The third-order valence-electron chi connectivity index (χ3n) is 5.95. The number of carbonyl (C=O) groups excluding carboxylic acids is 1. The predicted octanol–water partition coefficient (Wildman–Crippen LogP) is 3.59. The zero-order chi connectivity index (χ0) is 21.6. The molecular formula is C21H27N5O4S. The second-order valence-electron chi connectivity index (χ2n) is 8.28. The third kappa shape index (κ3) is 4.20. The van der Waals surface area contributed by atoms with Gasteiger partial charge in [0.1, 0.15) is 5.82 Å². The lowest BCUT2D eigenvalue weighted by molar-refractivity contribution is 0.122. The van der Waals surface area contributed by atoms with Gasteiger partial charge in [-0.05, 0) is 44.0 Å². The van der Waals surface area contributed by atoms with Crippen LogP contribution in [0.15, 0.2) is 24.3 Å². The maximum absolute atomic E-state index is 11.9. The molecule has 0 bridgehead atoms. The first-order chi connectivity index (χ1) is 14.9. The molecule has 2 aromatic rings. The Hall–Kier alpha value is -2.40. The number of carbonyl (C=O) groups is 1. The van der Waals surface area contributed by atoms with E-state index in [9.17, 15) is 13.9 Å². The summed E-state index contributed by atoms with van der Waals surface area (Å²) < 4.78 is 26.6. The van der Waals surface area contributed by atoms with Gasteiger partial charge in [-0.3, -0.25) is 9.11 Å². The van der Waals surface area contributed by atoms with Gasteiger partial charge in [0.05, 0.1) is 29.9 Å². The predicted molar refractivity (Wildman–Crippen MR) is 121 cm³/mol. The summed E-state index contributed by atoms with van der Waals surface area (Å²) in [7, 11) is -2.78. The van der Waals surface area contributed by atoms with Crippen LogP contribution < -0.4 is 15.5 Å². The van der Waals surface area contributed by atoms with Crippen LogP contribution in [0.1, 0.15) is 36.3 Å².